The normalized spacial score (nSPS) is 27.6. The van der Waals surface area contributed by atoms with Gasteiger partial charge in [0.1, 0.15) is 5.60 Å². The quantitative estimate of drug-likeness (QED) is 0.399. The van der Waals surface area contributed by atoms with E-state index in [1.165, 1.54) is 0 Å². The lowest BCUT2D eigenvalue weighted by Gasteiger charge is -2.38. The molecule has 10 nitrogen and oxygen atoms in total. The number of hydrogen-bond acceptors (Lipinski definition) is 7. The number of nitrogens with zero attached hydrogens (tertiary/aromatic N) is 1. The van der Waals surface area contributed by atoms with Gasteiger partial charge in [0.25, 0.3) is 17.8 Å². The minimum absolute atomic E-state index is 0.115. The Morgan fingerprint density at radius 3 is 2.07 bits per heavy atom. The molecule has 1 amide bonds. The number of nitrogens with one attached hydrogen (secondary N) is 2. The maximum absolute atomic E-state index is 12.9. The van der Waals surface area contributed by atoms with E-state index in [0.29, 0.717) is 12.5 Å². The van der Waals surface area contributed by atoms with E-state index in [2.05, 4.69) is 10.6 Å². The van der Waals surface area contributed by atoms with E-state index in [9.17, 15) is 9.90 Å². The van der Waals surface area contributed by atoms with Gasteiger partial charge in [0, 0.05) is 52.6 Å². The number of amides is 1. The van der Waals surface area contributed by atoms with Crippen LogP contribution in [0.3, 0.4) is 0 Å². The number of carbonyl (C=O) groups is 3. The molecule has 28 heavy (non-hydrogen) atoms. The van der Waals surface area contributed by atoms with Crippen molar-refractivity contribution in [2.45, 2.75) is 32.3 Å². The molecule has 10 heteroatoms. The number of carboxylic acid groups (broad SMARTS) is 2. The summed E-state index contributed by atoms with van der Waals surface area (Å²) in [6.45, 7) is 7.05. The molecule has 3 saturated heterocycles. The van der Waals surface area contributed by atoms with Crippen LogP contribution < -0.4 is 10.6 Å². The van der Waals surface area contributed by atoms with Gasteiger partial charge >= 0.3 is 0 Å². The molecule has 5 N–H and O–H groups in total. The molecule has 2 atom stereocenters. The summed E-state index contributed by atoms with van der Waals surface area (Å²) in [5.74, 6) is -1.18. The zero-order chi connectivity index (χ0) is 21.4. The van der Waals surface area contributed by atoms with Crippen molar-refractivity contribution in [1.82, 2.24) is 15.5 Å². The molecule has 0 spiro atoms. The topological polar surface area (TPSA) is 148 Å². The third kappa shape index (κ3) is 6.13. The Balaban J connectivity index is 0.000000420. The average molecular weight is 403 g/mol. The molecule has 0 aromatic carbocycles. The van der Waals surface area contributed by atoms with Gasteiger partial charge in [0.05, 0.1) is 6.61 Å². The summed E-state index contributed by atoms with van der Waals surface area (Å²) in [7, 11) is 1.64. The summed E-state index contributed by atoms with van der Waals surface area (Å²) >= 11 is 0. The minimum Gasteiger partial charge on any atom is -0.481 e. The molecule has 0 bridgehead atoms. The summed E-state index contributed by atoms with van der Waals surface area (Å²) < 4.78 is 5.63. The van der Waals surface area contributed by atoms with E-state index in [4.69, 9.17) is 24.5 Å². The van der Waals surface area contributed by atoms with Crippen molar-refractivity contribution >= 4 is 17.8 Å². The Morgan fingerprint density at radius 2 is 1.64 bits per heavy atom. The second-order valence-corrected chi connectivity index (χ2v) is 7.52. The van der Waals surface area contributed by atoms with Gasteiger partial charge in [0.15, 0.2) is 0 Å². The van der Waals surface area contributed by atoms with E-state index < -0.39 is 17.5 Å². The van der Waals surface area contributed by atoms with Gasteiger partial charge < -0.3 is 35.6 Å². The Labute approximate surface area is 165 Å². The van der Waals surface area contributed by atoms with Crippen LogP contribution in [0.5, 0.6) is 0 Å². The predicted octanol–water partition coefficient (Wildman–Crippen LogP) is -1.02. The van der Waals surface area contributed by atoms with E-state index in [1.807, 2.05) is 4.90 Å². The number of rotatable bonds is 3. The number of aliphatic hydroxyl groups excluding tert-OH is 1. The summed E-state index contributed by atoms with van der Waals surface area (Å²) in [5, 5.41) is 31.2. The number of aliphatic carboxylic acids is 2. The van der Waals surface area contributed by atoms with Gasteiger partial charge in [-0.05, 0) is 31.8 Å². The van der Waals surface area contributed by atoms with Crippen molar-refractivity contribution in [2.75, 3.05) is 53.0 Å². The van der Waals surface area contributed by atoms with Crippen LogP contribution in [-0.2, 0) is 19.1 Å². The van der Waals surface area contributed by atoms with Crippen molar-refractivity contribution < 1.29 is 34.4 Å². The number of methoxy groups -OCH3 is 1. The lowest BCUT2D eigenvalue weighted by molar-refractivity contribution is -0.157. The van der Waals surface area contributed by atoms with Crippen LogP contribution in [-0.4, -0.2) is 96.7 Å². The first-order valence-electron chi connectivity index (χ1n) is 9.38. The molecule has 162 valence electrons. The third-order valence-electron chi connectivity index (χ3n) is 5.47. The van der Waals surface area contributed by atoms with Gasteiger partial charge in [0.2, 0.25) is 0 Å². The average Bonchev–Trinajstić information content (AvgIpc) is 3.18. The fourth-order valence-electron chi connectivity index (χ4n) is 4.02. The molecular formula is C18H33N3O7. The van der Waals surface area contributed by atoms with Crippen molar-refractivity contribution in [2.24, 2.45) is 11.3 Å². The van der Waals surface area contributed by atoms with Crippen molar-refractivity contribution in [3.8, 4) is 0 Å². The molecule has 3 rings (SSSR count). The largest absolute Gasteiger partial charge is 0.481 e. The summed E-state index contributed by atoms with van der Waals surface area (Å²) in [6, 6.07) is 0. The number of ether oxygens (including phenoxy) is 1. The molecule has 2 unspecified atom stereocenters. The first kappa shape index (κ1) is 24.3. The standard InChI is InChI=1S/C14H25N3O3.2C2H4O2/c1-20-14(2-4-15-5-3-14)12(19)17-7-11-6-16-8-13(11,9-17)10-18;2*1-2(3)4/h11,15-16,18H,2-10H2,1H3;2*1H3,(H,3,4). The highest BCUT2D eigenvalue weighted by molar-refractivity contribution is 5.86. The van der Waals surface area contributed by atoms with Gasteiger partial charge in [-0.1, -0.05) is 0 Å². The molecule has 0 saturated carbocycles. The van der Waals surface area contributed by atoms with E-state index in [0.717, 1.165) is 59.4 Å². The Hall–Kier alpha value is -1.75. The van der Waals surface area contributed by atoms with Crippen LogP contribution >= 0.6 is 0 Å². The van der Waals surface area contributed by atoms with Crippen molar-refractivity contribution in [3.05, 3.63) is 0 Å². The first-order chi connectivity index (χ1) is 13.1. The molecule has 3 aliphatic rings. The SMILES string of the molecule is CC(=O)O.CC(=O)O.COC1(C(=O)N2CC3CNCC3(CO)C2)CCNCC1. The van der Waals surface area contributed by atoms with E-state index in [-0.39, 0.29) is 17.9 Å². The molecule has 3 fully saturated rings. The third-order valence-corrected chi connectivity index (χ3v) is 5.47. The second-order valence-electron chi connectivity index (χ2n) is 7.52. The zero-order valence-corrected chi connectivity index (χ0v) is 16.9. The molecular weight excluding hydrogens is 370 g/mol. The Kier molecular flexibility index (Phi) is 9.28. The van der Waals surface area contributed by atoms with Crippen LogP contribution in [0.15, 0.2) is 0 Å². The Bertz CT molecular complexity index is 531. The van der Waals surface area contributed by atoms with Crippen LogP contribution in [0.1, 0.15) is 26.7 Å². The fourth-order valence-corrected chi connectivity index (χ4v) is 4.02. The Morgan fingerprint density at radius 1 is 1.11 bits per heavy atom. The first-order valence-corrected chi connectivity index (χ1v) is 9.38. The number of fused-ring (bicyclic) bond motifs is 1. The van der Waals surface area contributed by atoms with E-state index in [1.54, 1.807) is 7.11 Å². The lowest BCUT2D eigenvalue weighted by Crippen LogP contribution is -2.55. The van der Waals surface area contributed by atoms with Crippen LogP contribution in [0, 0.1) is 11.3 Å². The fraction of sp³-hybridized carbons (Fsp3) is 0.833. The number of carboxylic acids is 2. The van der Waals surface area contributed by atoms with E-state index >= 15 is 0 Å². The molecule has 0 aromatic rings. The second kappa shape index (κ2) is 10.7. The monoisotopic (exact) mass is 403 g/mol. The van der Waals surface area contributed by atoms with Crippen molar-refractivity contribution in [3.63, 3.8) is 0 Å². The molecule has 0 aromatic heterocycles. The zero-order valence-electron chi connectivity index (χ0n) is 16.9. The highest BCUT2D eigenvalue weighted by atomic mass is 16.5. The number of aliphatic hydroxyl groups is 1. The van der Waals surface area contributed by atoms with Crippen LogP contribution in [0.2, 0.25) is 0 Å². The van der Waals surface area contributed by atoms with Gasteiger partial charge in [-0.3, -0.25) is 14.4 Å². The maximum Gasteiger partial charge on any atom is 0.300 e. The molecule has 3 heterocycles. The number of piperidine rings is 1. The highest BCUT2D eigenvalue weighted by Crippen LogP contribution is 2.40. The highest BCUT2D eigenvalue weighted by Gasteiger charge is 2.53. The molecule has 0 radical (unpaired) electrons. The molecule has 0 aliphatic carbocycles. The minimum atomic E-state index is -0.833. The smallest absolute Gasteiger partial charge is 0.300 e. The summed E-state index contributed by atoms with van der Waals surface area (Å²) in [4.78, 5) is 32.8. The predicted molar refractivity (Wildman–Crippen MR) is 101 cm³/mol. The summed E-state index contributed by atoms with van der Waals surface area (Å²) in [6.07, 6.45) is 1.46. The van der Waals surface area contributed by atoms with Crippen LogP contribution in [0.4, 0.5) is 0 Å². The van der Waals surface area contributed by atoms with Crippen LogP contribution in [0.25, 0.3) is 0 Å². The van der Waals surface area contributed by atoms with Gasteiger partial charge in [-0.25, -0.2) is 0 Å². The number of carbonyl (C=O) groups excluding carboxylic acids is 1. The van der Waals surface area contributed by atoms with Crippen molar-refractivity contribution in [1.29, 1.82) is 0 Å². The summed E-state index contributed by atoms with van der Waals surface area (Å²) in [5.41, 5.74) is -0.800. The van der Waals surface area contributed by atoms with Gasteiger partial charge in [-0.15, -0.1) is 0 Å². The lowest BCUT2D eigenvalue weighted by atomic mass is 9.82. The number of hydrogen-bond donors (Lipinski definition) is 5. The maximum atomic E-state index is 12.9. The number of likely N-dealkylation sites (tertiary alicyclic amines) is 1. The molecule has 3 aliphatic heterocycles. The van der Waals surface area contributed by atoms with Gasteiger partial charge in [-0.2, -0.15) is 0 Å².